The Kier molecular flexibility index (Phi) is 3.63. The van der Waals surface area contributed by atoms with E-state index in [1.54, 1.807) is 10.6 Å². The summed E-state index contributed by atoms with van der Waals surface area (Å²) in [5.74, 6) is 0. The zero-order valence-electron chi connectivity index (χ0n) is 10.3. The molecule has 1 aliphatic carbocycles. The molecule has 0 atom stereocenters. The van der Waals surface area contributed by atoms with E-state index < -0.39 is 0 Å². The minimum atomic E-state index is 0.00342. The minimum absolute atomic E-state index is 0.00342. The summed E-state index contributed by atoms with van der Waals surface area (Å²) in [6.07, 6.45) is 5.44. The minimum Gasteiger partial charge on any atom is -0.309 e. The smallest absolute Gasteiger partial charge is 0.265 e. The van der Waals surface area contributed by atoms with Gasteiger partial charge in [-0.25, -0.2) is 0 Å². The molecule has 0 saturated heterocycles. The van der Waals surface area contributed by atoms with Crippen LogP contribution in [-0.4, -0.2) is 4.57 Å². The second kappa shape index (κ2) is 5.25. The molecule has 19 heavy (non-hydrogen) atoms. The Bertz CT molecular complexity index is 691. The molecule has 0 amide bonds. The number of aryl methyl sites for hydroxylation is 2. The molecular weight excluding hydrogens is 370 g/mol. The highest BCUT2D eigenvalue weighted by Crippen LogP contribution is 2.23. The number of pyridine rings is 1. The fourth-order valence-corrected chi connectivity index (χ4v) is 3.86. The average Bonchev–Trinajstić information content (AvgIpc) is 2.82. The number of nitrogens with zero attached hydrogens (tertiary/aromatic N) is 1. The van der Waals surface area contributed by atoms with Crippen LogP contribution in [0.2, 0.25) is 0 Å². The van der Waals surface area contributed by atoms with Crippen LogP contribution in [0, 0.1) is 0 Å². The molecule has 1 aliphatic rings. The van der Waals surface area contributed by atoms with E-state index in [9.17, 15) is 4.79 Å². The van der Waals surface area contributed by atoms with Gasteiger partial charge in [-0.2, -0.15) is 0 Å². The van der Waals surface area contributed by atoms with E-state index in [0.29, 0.717) is 11.0 Å². The highest BCUT2D eigenvalue weighted by Gasteiger charge is 2.11. The van der Waals surface area contributed by atoms with Gasteiger partial charge in [0, 0.05) is 10.7 Å². The van der Waals surface area contributed by atoms with Crippen LogP contribution in [0.4, 0.5) is 0 Å². The molecule has 0 saturated carbocycles. The van der Waals surface area contributed by atoms with Crippen LogP contribution in [0.15, 0.2) is 44.2 Å². The molecule has 0 fully saturated rings. The first kappa shape index (κ1) is 13.1. The topological polar surface area (TPSA) is 22.0 Å². The maximum absolute atomic E-state index is 12.1. The van der Waals surface area contributed by atoms with E-state index in [4.69, 9.17) is 0 Å². The van der Waals surface area contributed by atoms with Gasteiger partial charge in [0.2, 0.25) is 0 Å². The summed E-state index contributed by atoms with van der Waals surface area (Å²) in [6.45, 7) is 0.615. The maximum atomic E-state index is 12.1. The molecule has 1 heterocycles. The van der Waals surface area contributed by atoms with Gasteiger partial charge in [-0.05, 0) is 73.9 Å². The lowest BCUT2D eigenvalue weighted by Crippen LogP contribution is -2.20. The Balaban J connectivity index is 1.96. The van der Waals surface area contributed by atoms with Crippen LogP contribution in [0.25, 0.3) is 0 Å². The second-order valence-electron chi connectivity index (χ2n) is 4.90. The lowest BCUT2D eigenvalue weighted by Gasteiger charge is -2.09. The zero-order valence-corrected chi connectivity index (χ0v) is 13.5. The fourth-order valence-electron chi connectivity index (χ4n) is 2.60. The normalized spacial score (nSPS) is 13.6. The first-order valence-corrected chi connectivity index (χ1v) is 7.88. The van der Waals surface area contributed by atoms with Crippen LogP contribution in [0.3, 0.4) is 0 Å². The van der Waals surface area contributed by atoms with Gasteiger partial charge in [0.25, 0.3) is 5.56 Å². The van der Waals surface area contributed by atoms with E-state index in [1.165, 1.54) is 36.0 Å². The van der Waals surface area contributed by atoms with Crippen LogP contribution in [0.1, 0.15) is 23.1 Å². The number of hydrogen-bond donors (Lipinski definition) is 0. The van der Waals surface area contributed by atoms with Gasteiger partial charge in [-0.1, -0.05) is 18.2 Å². The van der Waals surface area contributed by atoms with Crippen LogP contribution in [0.5, 0.6) is 0 Å². The van der Waals surface area contributed by atoms with Crippen molar-refractivity contribution in [3.63, 3.8) is 0 Å². The lowest BCUT2D eigenvalue weighted by molar-refractivity contribution is 0.750. The van der Waals surface area contributed by atoms with Crippen LogP contribution in [-0.2, 0) is 19.4 Å². The largest absolute Gasteiger partial charge is 0.309 e. The molecule has 3 rings (SSSR count). The van der Waals surface area contributed by atoms with Gasteiger partial charge in [0.15, 0.2) is 0 Å². The van der Waals surface area contributed by atoms with Crippen LogP contribution >= 0.6 is 31.9 Å². The van der Waals surface area contributed by atoms with Gasteiger partial charge >= 0.3 is 0 Å². The molecule has 4 heteroatoms. The fraction of sp³-hybridized carbons (Fsp3) is 0.267. The van der Waals surface area contributed by atoms with Gasteiger partial charge < -0.3 is 4.57 Å². The maximum Gasteiger partial charge on any atom is 0.265 e. The van der Waals surface area contributed by atoms with E-state index in [-0.39, 0.29) is 5.56 Å². The summed E-state index contributed by atoms with van der Waals surface area (Å²) in [5.41, 5.74) is 4.10. The molecular formula is C15H13Br2NO. The third-order valence-electron chi connectivity index (χ3n) is 3.52. The molecule has 0 spiro atoms. The monoisotopic (exact) mass is 381 g/mol. The summed E-state index contributed by atoms with van der Waals surface area (Å²) in [4.78, 5) is 12.1. The lowest BCUT2D eigenvalue weighted by atomic mass is 10.1. The van der Waals surface area contributed by atoms with Crippen molar-refractivity contribution in [1.82, 2.24) is 4.57 Å². The molecule has 98 valence electrons. The summed E-state index contributed by atoms with van der Waals surface area (Å²) < 4.78 is 3.22. The third-order valence-corrected chi connectivity index (χ3v) is 4.53. The number of rotatable bonds is 2. The summed E-state index contributed by atoms with van der Waals surface area (Å²) >= 11 is 6.72. The number of benzene rings is 1. The SMILES string of the molecule is O=c1c(Br)cc(Br)cn1Cc1ccc2c(c1)CCC2. The molecule has 0 unspecified atom stereocenters. The summed E-state index contributed by atoms with van der Waals surface area (Å²) in [6, 6.07) is 8.35. The van der Waals surface area contributed by atoms with Gasteiger partial charge in [-0.3, -0.25) is 4.79 Å². The van der Waals surface area contributed by atoms with Crippen molar-refractivity contribution in [1.29, 1.82) is 0 Å². The molecule has 1 aromatic carbocycles. The number of halogens is 2. The highest BCUT2D eigenvalue weighted by atomic mass is 79.9. The number of hydrogen-bond acceptors (Lipinski definition) is 1. The molecule has 2 aromatic rings. The Labute approximate surface area is 128 Å². The number of aromatic nitrogens is 1. The quantitative estimate of drug-likeness (QED) is 0.771. The van der Waals surface area contributed by atoms with Crippen molar-refractivity contribution in [2.75, 3.05) is 0 Å². The molecule has 0 N–H and O–H groups in total. The predicted octanol–water partition coefficient (Wildman–Crippen LogP) is 3.91. The van der Waals surface area contributed by atoms with Crippen molar-refractivity contribution in [3.05, 3.63) is 66.5 Å². The van der Waals surface area contributed by atoms with Crippen molar-refractivity contribution < 1.29 is 0 Å². The molecule has 1 aromatic heterocycles. The third kappa shape index (κ3) is 2.70. The van der Waals surface area contributed by atoms with E-state index in [1.807, 2.05) is 6.20 Å². The summed E-state index contributed by atoms with van der Waals surface area (Å²) in [5, 5.41) is 0. The van der Waals surface area contributed by atoms with Crippen molar-refractivity contribution in [2.24, 2.45) is 0 Å². The van der Waals surface area contributed by atoms with Gasteiger partial charge in [0.1, 0.15) is 0 Å². The van der Waals surface area contributed by atoms with Gasteiger partial charge in [0.05, 0.1) is 11.0 Å². The van der Waals surface area contributed by atoms with E-state index in [0.717, 1.165) is 4.47 Å². The van der Waals surface area contributed by atoms with Gasteiger partial charge in [-0.15, -0.1) is 0 Å². The molecule has 0 bridgehead atoms. The first-order valence-electron chi connectivity index (χ1n) is 6.29. The average molecular weight is 383 g/mol. The first-order chi connectivity index (χ1) is 9.13. The van der Waals surface area contributed by atoms with E-state index >= 15 is 0 Å². The van der Waals surface area contributed by atoms with E-state index in [2.05, 4.69) is 50.1 Å². The Morgan fingerprint density at radius 2 is 1.89 bits per heavy atom. The molecule has 0 aliphatic heterocycles. The standard InChI is InChI=1S/C15H13Br2NO/c16-13-7-14(17)15(19)18(9-13)8-10-4-5-11-2-1-3-12(11)6-10/h4-7,9H,1-3,8H2. The van der Waals surface area contributed by atoms with Crippen LogP contribution < -0.4 is 5.56 Å². The zero-order chi connectivity index (χ0) is 13.4. The molecule has 2 nitrogen and oxygen atoms in total. The Hall–Kier alpha value is -0.870. The highest BCUT2D eigenvalue weighted by molar-refractivity contribution is 9.11. The second-order valence-corrected chi connectivity index (χ2v) is 6.67. The molecule has 0 radical (unpaired) electrons. The number of fused-ring (bicyclic) bond motifs is 1. The van der Waals surface area contributed by atoms with Crippen molar-refractivity contribution in [3.8, 4) is 0 Å². The predicted molar refractivity (Wildman–Crippen MR) is 83.7 cm³/mol. The van der Waals surface area contributed by atoms with Crippen molar-refractivity contribution >= 4 is 31.9 Å². The Morgan fingerprint density at radius 1 is 1.11 bits per heavy atom. The Morgan fingerprint density at radius 3 is 2.74 bits per heavy atom. The van der Waals surface area contributed by atoms with Crippen molar-refractivity contribution in [2.45, 2.75) is 25.8 Å². The summed E-state index contributed by atoms with van der Waals surface area (Å²) in [7, 11) is 0.